The SMILES string of the molecule is C=CCN(C(=O)c1n[nH]c(C2CC2)c1N)C1CC1. The van der Waals surface area contributed by atoms with E-state index < -0.39 is 0 Å². The number of nitrogens with zero attached hydrogens (tertiary/aromatic N) is 2. The van der Waals surface area contributed by atoms with Gasteiger partial charge in [0.25, 0.3) is 5.91 Å². The molecule has 1 aromatic heterocycles. The van der Waals surface area contributed by atoms with E-state index in [1.165, 1.54) is 0 Å². The molecule has 1 heterocycles. The van der Waals surface area contributed by atoms with Crippen LogP contribution in [-0.4, -0.2) is 33.6 Å². The van der Waals surface area contributed by atoms with Crippen molar-refractivity contribution >= 4 is 11.6 Å². The molecule has 96 valence electrons. The Kier molecular flexibility index (Phi) is 2.61. The number of hydrogen-bond donors (Lipinski definition) is 2. The van der Waals surface area contributed by atoms with Gasteiger partial charge < -0.3 is 10.6 Å². The first kappa shape index (κ1) is 11.3. The molecule has 2 saturated carbocycles. The van der Waals surface area contributed by atoms with Crippen LogP contribution in [0.4, 0.5) is 5.69 Å². The molecule has 0 bridgehead atoms. The van der Waals surface area contributed by atoms with Gasteiger partial charge in [0.15, 0.2) is 5.69 Å². The zero-order chi connectivity index (χ0) is 12.7. The topological polar surface area (TPSA) is 75.0 Å². The van der Waals surface area contributed by atoms with Gasteiger partial charge in [0.2, 0.25) is 0 Å². The molecule has 18 heavy (non-hydrogen) atoms. The molecule has 0 spiro atoms. The zero-order valence-electron chi connectivity index (χ0n) is 10.4. The zero-order valence-corrected chi connectivity index (χ0v) is 10.4. The van der Waals surface area contributed by atoms with Gasteiger partial charge in [-0.25, -0.2) is 0 Å². The van der Waals surface area contributed by atoms with E-state index in [2.05, 4.69) is 16.8 Å². The van der Waals surface area contributed by atoms with Gasteiger partial charge in [-0.15, -0.1) is 6.58 Å². The van der Waals surface area contributed by atoms with Gasteiger partial charge in [0.05, 0.1) is 11.4 Å². The largest absolute Gasteiger partial charge is 0.395 e. The van der Waals surface area contributed by atoms with Crippen LogP contribution in [0.15, 0.2) is 12.7 Å². The number of aromatic amines is 1. The summed E-state index contributed by atoms with van der Waals surface area (Å²) in [6, 6.07) is 0.343. The number of aromatic nitrogens is 2. The van der Waals surface area contributed by atoms with Crippen molar-refractivity contribution in [2.45, 2.75) is 37.6 Å². The van der Waals surface area contributed by atoms with Gasteiger partial charge in [0, 0.05) is 18.5 Å². The highest BCUT2D eigenvalue weighted by molar-refractivity contribution is 5.98. The minimum atomic E-state index is -0.0712. The number of carbonyl (C=O) groups is 1. The van der Waals surface area contributed by atoms with E-state index in [-0.39, 0.29) is 5.91 Å². The predicted octanol–water partition coefficient (Wildman–Crippen LogP) is 1.66. The quantitative estimate of drug-likeness (QED) is 0.776. The average molecular weight is 246 g/mol. The van der Waals surface area contributed by atoms with E-state index in [0.717, 1.165) is 31.4 Å². The van der Waals surface area contributed by atoms with Crippen LogP contribution in [0.1, 0.15) is 47.8 Å². The van der Waals surface area contributed by atoms with Crippen molar-refractivity contribution in [3.05, 3.63) is 24.0 Å². The molecule has 1 amide bonds. The fourth-order valence-corrected chi connectivity index (χ4v) is 2.27. The normalized spacial score (nSPS) is 18.7. The summed E-state index contributed by atoms with van der Waals surface area (Å²) in [6.45, 7) is 4.26. The van der Waals surface area contributed by atoms with Crippen molar-refractivity contribution in [2.24, 2.45) is 0 Å². The molecule has 3 N–H and O–H groups in total. The monoisotopic (exact) mass is 246 g/mol. The maximum Gasteiger partial charge on any atom is 0.277 e. The molecule has 0 aromatic carbocycles. The second-order valence-corrected chi connectivity index (χ2v) is 5.15. The van der Waals surface area contributed by atoms with E-state index in [4.69, 9.17) is 5.73 Å². The number of nitrogens with one attached hydrogen (secondary N) is 1. The Morgan fingerprint density at radius 3 is 2.78 bits per heavy atom. The number of hydrogen-bond acceptors (Lipinski definition) is 3. The van der Waals surface area contributed by atoms with Crippen LogP contribution in [0.2, 0.25) is 0 Å². The summed E-state index contributed by atoms with van der Waals surface area (Å²) in [5, 5.41) is 7.04. The molecule has 2 aliphatic carbocycles. The Labute approximate surface area is 106 Å². The molecule has 3 rings (SSSR count). The first-order chi connectivity index (χ1) is 8.72. The van der Waals surface area contributed by atoms with Crippen molar-refractivity contribution in [1.29, 1.82) is 0 Å². The lowest BCUT2D eigenvalue weighted by atomic mass is 10.2. The lowest BCUT2D eigenvalue weighted by Gasteiger charge is -2.19. The van der Waals surface area contributed by atoms with Crippen LogP contribution in [0.3, 0.4) is 0 Å². The van der Waals surface area contributed by atoms with Gasteiger partial charge in [-0.3, -0.25) is 9.89 Å². The second kappa shape index (κ2) is 4.15. The van der Waals surface area contributed by atoms with Crippen LogP contribution in [-0.2, 0) is 0 Å². The third-order valence-electron chi connectivity index (χ3n) is 3.60. The fraction of sp³-hybridized carbons (Fsp3) is 0.538. The third-order valence-corrected chi connectivity index (χ3v) is 3.60. The highest BCUT2D eigenvalue weighted by Gasteiger charge is 2.36. The molecule has 5 nitrogen and oxygen atoms in total. The Balaban J connectivity index is 1.83. The maximum atomic E-state index is 12.4. The van der Waals surface area contributed by atoms with E-state index in [1.54, 1.807) is 6.08 Å². The number of nitrogen functional groups attached to an aromatic ring is 1. The van der Waals surface area contributed by atoms with Gasteiger partial charge >= 0.3 is 0 Å². The molecule has 0 saturated heterocycles. The van der Waals surface area contributed by atoms with Crippen LogP contribution >= 0.6 is 0 Å². The Hall–Kier alpha value is -1.78. The summed E-state index contributed by atoms with van der Waals surface area (Å²) in [5.41, 5.74) is 7.89. The van der Waals surface area contributed by atoms with Crippen molar-refractivity contribution in [3.63, 3.8) is 0 Å². The molecule has 0 aliphatic heterocycles. The van der Waals surface area contributed by atoms with Crippen LogP contribution in [0.5, 0.6) is 0 Å². The molecule has 0 unspecified atom stereocenters. The predicted molar refractivity (Wildman–Crippen MR) is 69.2 cm³/mol. The van der Waals surface area contributed by atoms with E-state index in [0.29, 0.717) is 29.9 Å². The minimum absolute atomic E-state index is 0.0712. The number of amides is 1. The van der Waals surface area contributed by atoms with Crippen molar-refractivity contribution in [2.75, 3.05) is 12.3 Å². The molecule has 2 fully saturated rings. The summed E-state index contributed by atoms with van der Waals surface area (Å²) < 4.78 is 0. The van der Waals surface area contributed by atoms with Crippen LogP contribution in [0, 0.1) is 0 Å². The van der Waals surface area contributed by atoms with Crippen molar-refractivity contribution in [3.8, 4) is 0 Å². The molecule has 0 atom stereocenters. The summed E-state index contributed by atoms with van der Waals surface area (Å²) in [6.07, 6.45) is 6.16. The van der Waals surface area contributed by atoms with Gasteiger partial charge in [0.1, 0.15) is 0 Å². The third kappa shape index (κ3) is 1.89. The molecular formula is C13H18N4O. The number of nitrogens with two attached hydrogens (primary N) is 1. The molecule has 5 heteroatoms. The Morgan fingerprint density at radius 1 is 1.50 bits per heavy atom. The average Bonchev–Trinajstić information content (AvgIpc) is 3.24. The lowest BCUT2D eigenvalue weighted by Crippen LogP contribution is -2.33. The van der Waals surface area contributed by atoms with E-state index >= 15 is 0 Å². The molecule has 2 aliphatic rings. The van der Waals surface area contributed by atoms with E-state index in [1.807, 2.05) is 4.90 Å². The number of rotatable bonds is 5. The summed E-state index contributed by atoms with van der Waals surface area (Å²) in [5.74, 6) is 0.408. The highest BCUT2D eigenvalue weighted by Crippen LogP contribution is 2.42. The maximum absolute atomic E-state index is 12.4. The fourth-order valence-electron chi connectivity index (χ4n) is 2.27. The molecular weight excluding hydrogens is 228 g/mol. The smallest absolute Gasteiger partial charge is 0.277 e. The van der Waals surface area contributed by atoms with E-state index in [9.17, 15) is 4.79 Å². The van der Waals surface area contributed by atoms with Gasteiger partial charge in [-0.05, 0) is 25.7 Å². The van der Waals surface area contributed by atoms with Crippen molar-refractivity contribution < 1.29 is 4.79 Å². The summed E-state index contributed by atoms with van der Waals surface area (Å²) >= 11 is 0. The molecule has 0 radical (unpaired) electrons. The standard InChI is InChI=1S/C13H18N4O/c1-2-7-17(9-5-6-9)13(18)12-10(14)11(15-16-12)8-3-4-8/h2,8-9H,1,3-7,14H2,(H,15,16). The highest BCUT2D eigenvalue weighted by atomic mass is 16.2. The number of carbonyl (C=O) groups excluding carboxylic acids is 1. The lowest BCUT2D eigenvalue weighted by molar-refractivity contribution is 0.0758. The number of anilines is 1. The van der Waals surface area contributed by atoms with Gasteiger partial charge in [-0.1, -0.05) is 6.08 Å². The summed E-state index contributed by atoms with van der Waals surface area (Å²) in [7, 11) is 0. The summed E-state index contributed by atoms with van der Waals surface area (Å²) in [4.78, 5) is 14.2. The Bertz CT molecular complexity index is 485. The van der Waals surface area contributed by atoms with Crippen LogP contribution in [0.25, 0.3) is 0 Å². The first-order valence-electron chi connectivity index (χ1n) is 6.48. The molecule has 1 aromatic rings. The Morgan fingerprint density at radius 2 is 2.22 bits per heavy atom. The second-order valence-electron chi connectivity index (χ2n) is 5.15. The minimum Gasteiger partial charge on any atom is -0.395 e. The van der Waals surface area contributed by atoms with Gasteiger partial charge in [-0.2, -0.15) is 5.10 Å². The number of H-pyrrole nitrogens is 1. The first-order valence-corrected chi connectivity index (χ1v) is 6.48. The van der Waals surface area contributed by atoms with Crippen LogP contribution < -0.4 is 5.73 Å². The van der Waals surface area contributed by atoms with Crippen molar-refractivity contribution in [1.82, 2.24) is 15.1 Å².